The first-order valence-corrected chi connectivity index (χ1v) is 13.4. The maximum Gasteiger partial charge on any atom is 0.387 e. The summed E-state index contributed by atoms with van der Waals surface area (Å²) in [5, 5.41) is 16.5. The van der Waals surface area contributed by atoms with Gasteiger partial charge in [0, 0.05) is 30.4 Å². The molecule has 2 heterocycles. The Hall–Kier alpha value is -3.45. The highest BCUT2D eigenvalue weighted by Gasteiger charge is 2.26. The molecule has 0 radical (unpaired) electrons. The second kappa shape index (κ2) is 11.9. The van der Waals surface area contributed by atoms with Crippen LogP contribution >= 0.6 is 12.2 Å². The average Bonchev–Trinajstić information content (AvgIpc) is 2.90. The fraction of sp³-hybridized carbons (Fsp3) is 0.231. The van der Waals surface area contributed by atoms with E-state index in [1.807, 2.05) is 13.0 Å². The van der Waals surface area contributed by atoms with E-state index >= 15 is 0 Å². The Balaban J connectivity index is 1.62. The fourth-order valence-electron chi connectivity index (χ4n) is 3.83. The molecule has 1 aliphatic rings. The van der Waals surface area contributed by atoms with Crippen LogP contribution in [0.25, 0.3) is 11.5 Å². The van der Waals surface area contributed by atoms with Crippen LogP contribution in [-0.4, -0.2) is 50.6 Å². The molecule has 0 aliphatic carbocycles. The van der Waals surface area contributed by atoms with Crippen molar-refractivity contribution in [2.45, 2.75) is 18.4 Å². The Kier molecular flexibility index (Phi) is 8.67. The van der Waals surface area contributed by atoms with Crippen molar-refractivity contribution in [2.75, 3.05) is 31.6 Å². The summed E-state index contributed by atoms with van der Waals surface area (Å²) in [4.78, 5) is 0.220. The van der Waals surface area contributed by atoms with Crippen molar-refractivity contribution in [3.05, 3.63) is 84.2 Å². The lowest BCUT2D eigenvalue weighted by Gasteiger charge is -2.26. The maximum absolute atomic E-state index is 13.5. The van der Waals surface area contributed by atoms with Gasteiger partial charge in [0.25, 0.3) is 0 Å². The Labute approximate surface area is 224 Å². The first-order chi connectivity index (χ1) is 18.1. The molecule has 0 amide bonds. The van der Waals surface area contributed by atoms with Gasteiger partial charge in [-0.15, -0.1) is 0 Å². The van der Waals surface area contributed by atoms with Crippen molar-refractivity contribution in [3.63, 3.8) is 0 Å². The number of sulfonamides is 1. The minimum atomic E-state index is -3.66. The summed E-state index contributed by atoms with van der Waals surface area (Å²) in [7, 11) is -3.66. The molecule has 38 heavy (non-hydrogen) atoms. The molecular weight excluding hydrogens is 536 g/mol. The minimum Gasteiger partial charge on any atom is -0.867 e. The van der Waals surface area contributed by atoms with Crippen LogP contribution in [0.4, 0.5) is 14.5 Å². The minimum absolute atomic E-state index is 0.0749. The van der Waals surface area contributed by atoms with Crippen molar-refractivity contribution in [1.29, 1.82) is 0 Å². The normalized spacial score (nSPS) is 15.2. The predicted octanol–water partition coefficient (Wildman–Crippen LogP) is 3.03. The fourth-order valence-corrected chi connectivity index (χ4v) is 5.55. The predicted molar refractivity (Wildman–Crippen MR) is 140 cm³/mol. The van der Waals surface area contributed by atoms with Gasteiger partial charge < -0.3 is 19.9 Å². The van der Waals surface area contributed by atoms with E-state index < -0.39 is 22.4 Å². The number of benzene rings is 2. The quantitative estimate of drug-likeness (QED) is 0.196. The lowest BCUT2D eigenvalue weighted by atomic mass is 10.1. The topological polar surface area (TPSA) is 94.8 Å². The van der Waals surface area contributed by atoms with E-state index in [1.165, 1.54) is 40.7 Å². The number of morpholine rings is 1. The standard InChI is InChI=1S/C26H25F2N3O5S2/c1-18-3-2-12-30(17-18)23(24(32)19-4-8-21(9-5-19)36-26(27)28)25(37)29-20-6-10-22(11-7-20)38(33,34)31-13-15-35-16-14-31/h2-12,17,26H,13-16H2,1H3,(H-,29,32,37). The van der Waals surface area contributed by atoms with E-state index in [0.717, 1.165) is 5.56 Å². The number of anilines is 1. The van der Waals surface area contributed by atoms with Gasteiger partial charge in [-0.25, -0.2) is 8.42 Å². The number of halogens is 2. The zero-order valence-corrected chi connectivity index (χ0v) is 22.0. The summed E-state index contributed by atoms with van der Waals surface area (Å²) in [5.41, 5.74) is 1.69. The second-order valence-electron chi connectivity index (χ2n) is 8.36. The summed E-state index contributed by atoms with van der Waals surface area (Å²) < 4.78 is 63.3. The third kappa shape index (κ3) is 6.51. The lowest BCUT2D eigenvalue weighted by molar-refractivity contribution is -0.578. The van der Waals surface area contributed by atoms with E-state index in [-0.39, 0.29) is 40.0 Å². The van der Waals surface area contributed by atoms with Crippen LogP contribution in [0.2, 0.25) is 0 Å². The zero-order chi connectivity index (χ0) is 27.3. The number of nitrogens with zero attached hydrogens (tertiary/aromatic N) is 2. The van der Waals surface area contributed by atoms with Crippen LogP contribution in [0, 0.1) is 6.92 Å². The molecule has 1 aromatic heterocycles. The molecule has 0 atom stereocenters. The first-order valence-electron chi connectivity index (χ1n) is 11.6. The number of nitrogens with one attached hydrogen (secondary N) is 1. The smallest absolute Gasteiger partial charge is 0.387 e. The van der Waals surface area contributed by atoms with Crippen LogP contribution in [0.1, 0.15) is 11.1 Å². The van der Waals surface area contributed by atoms with Crippen LogP contribution in [-0.2, 0) is 14.8 Å². The van der Waals surface area contributed by atoms with Crippen molar-refractivity contribution in [2.24, 2.45) is 0 Å². The van der Waals surface area contributed by atoms with Crippen LogP contribution in [0.3, 0.4) is 0 Å². The third-order valence-electron chi connectivity index (χ3n) is 5.70. The molecule has 0 unspecified atom stereocenters. The molecule has 200 valence electrons. The highest BCUT2D eigenvalue weighted by Crippen LogP contribution is 2.23. The lowest BCUT2D eigenvalue weighted by Crippen LogP contribution is -2.40. The largest absolute Gasteiger partial charge is 0.867 e. The molecule has 12 heteroatoms. The summed E-state index contributed by atoms with van der Waals surface area (Å²) in [6, 6.07) is 15.0. The van der Waals surface area contributed by atoms with E-state index in [9.17, 15) is 22.3 Å². The molecule has 0 saturated carbocycles. The molecular formula is C26H25F2N3O5S2. The summed E-state index contributed by atoms with van der Waals surface area (Å²) >= 11 is 5.60. The molecule has 2 aromatic carbocycles. The first kappa shape index (κ1) is 27.6. The van der Waals surface area contributed by atoms with E-state index in [1.54, 1.807) is 35.2 Å². The van der Waals surface area contributed by atoms with Crippen molar-refractivity contribution < 1.29 is 36.3 Å². The summed E-state index contributed by atoms with van der Waals surface area (Å²) in [5.74, 6) is -0.526. The summed E-state index contributed by atoms with van der Waals surface area (Å²) in [6.45, 7) is 0.148. The van der Waals surface area contributed by atoms with Gasteiger partial charge in [0.15, 0.2) is 17.4 Å². The van der Waals surface area contributed by atoms with Crippen molar-refractivity contribution in [3.8, 4) is 5.75 Å². The van der Waals surface area contributed by atoms with Crippen LogP contribution in [0.15, 0.2) is 78.0 Å². The van der Waals surface area contributed by atoms with E-state index in [2.05, 4.69) is 10.1 Å². The van der Waals surface area contributed by atoms with Gasteiger partial charge in [0.05, 0.1) is 18.1 Å². The van der Waals surface area contributed by atoms with Gasteiger partial charge >= 0.3 is 6.61 Å². The number of ether oxygens (including phenoxy) is 2. The molecule has 0 spiro atoms. The number of thiocarbonyl (C=S) groups is 1. The Bertz CT molecular complexity index is 1420. The van der Waals surface area contributed by atoms with Gasteiger partial charge in [0.1, 0.15) is 5.75 Å². The number of aryl methyl sites for hydroxylation is 1. The molecule has 1 saturated heterocycles. The zero-order valence-electron chi connectivity index (χ0n) is 20.3. The van der Waals surface area contributed by atoms with Crippen molar-refractivity contribution >= 4 is 44.4 Å². The van der Waals surface area contributed by atoms with Crippen molar-refractivity contribution in [1.82, 2.24) is 4.31 Å². The van der Waals surface area contributed by atoms with Gasteiger partial charge in [-0.1, -0.05) is 24.4 Å². The molecule has 1 aliphatic heterocycles. The third-order valence-corrected chi connectivity index (χ3v) is 7.91. The van der Waals surface area contributed by atoms with E-state index in [0.29, 0.717) is 18.9 Å². The van der Waals surface area contributed by atoms with Gasteiger partial charge in [-0.3, -0.25) is 0 Å². The average molecular weight is 562 g/mol. The Morgan fingerprint density at radius 3 is 2.37 bits per heavy atom. The van der Waals surface area contributed by atoms with Gasteiger partial charge in [-0.2, -0.15) is 17.7 Å². The molecule has 8 nitrogen and oxygen atoms in total. The molecule has 4 rings (SSSR count). The Morgan fingerprint density at radius 1 is 1.11 bits per heavy atom. The van der Waals surface area contributed by atoms with Crippen LogP contribution in [0.5, 0.6) is 5.75 Å². The summed E-state index contributed by atoms with van der Waals surface area (Å²) in [6.07, 6.45) is 3.40. The highest BCUT2D eigenvalue weighted by molar-refractivity contribution is 7.89. The van der Waals surface area contributed by atoms with Gasteiger partial charge in [-0.05, 0) is 60.7 Å². The molecule has 3 aromatic rings. The number of pyridine rings is 1. The SMILES string of the molecule is Cc1ccc[n+](C(C(=S)Nc2ccc(S(=O)(=O)N3CCOCC3)cc2)=C([O-])c2ccc(OC(F)F)cc2)c1. The second-order valence-corrected chi connectivity index (χ2v) is 10.7. The number of alkyl halides is 2. The number of aromatic nitrogens is 1. The Morgan fingerprint density at radius 2 is 1.76 bits per heavy atom. The maximum atomic E-state index is 13.5. The van der Waals surface area contributed by atoms with Gasteiger partial charge in [0.2, 0.25) is 15.7 Å². The monoisotopic (exact) mass is 561 g/mol. The number of hydrogen-bond acceptors (Lipinski definition) is 6. The molecule has 0 bridgehead atoms. The molecule has 1 fully saturated rings. The number of hydrogen-bond donors (Lipinski definition) is 1. The van der Waals surface area contributed by atoms with Crippen LogP contribution < -0.4 is 19.7 Å². The van der Waals surface area contributed by atoms with E-state index in [4.69, 9.17) is 17.0 Å². The molecule has 1 N–H and O–H groups in total. The highest BCUT2D eigenvalue weighted by atomic mass is 32.2. The number of rotatable bonds is 8.